The topological polar surface area (TPSA) is 85.6 Å². The van der Waals surface area contributed by atoms with Crippen LogP contribution in [-0.2, 0) is 0 Å². The number of rotatable bonds is 3. The van der Waals surface area contributed by atoms with Crippen molar-refractivity contribution in [2.24, 2.45) is 0 Å². The Balaban J connectivity index is 1.62. The molecule has 4 aromatic heterocycles. The Morgan fingerprint density at radius 2 is 1.96 bits per heavy atom. The zero-order valence-electron chi connectivity index (χ0n) is 13.4. The first kappa shape index (κ1) is 14.9. The Hall–Kier alpha value is -3.61. The summed E-state index contributed by atoms with van der Waals surface area (Å²) in [7, 11) is 0. The average molecular weight is 330 g/mol. The van der Waals surface area contributed by atoms with Gasteiger partial charge in [0.1, 0.15) is 0 Å². The molecule has 0 bridgehead atoms. The lowest BCUT2D eigenvalue weighted by Gasteiger charge is -2.10. The van der Waals surface area contributed by atoms with Gasteiger partial charge in [0.15, 0.2) is 5.82 Å². The molecule has 0 fully saturated rings. The third-order valence-corrected chi connectivity index (χ3v) is 3.82. The average Bonchev–Trinajstić information content (AvgIpc) is 3.05. The van der Waals surface area contributed by atoms with Gasteiger partial charge in [-0.2, -0.15) is 0 Å². The minimum absolute atomic E-state index is 0.281. The molecule has 0 atom stereocenters. The number of aryl methyl sites for hydroxylation is 1. The minimum atomic E-state index is -0.281. The summed E-state index contributed by atoms with van der Waals surface area (Å²) < 4.78 is 1.64. The predicted octanol–water partition coefficient (Wildman–Crippen LogP) is 2.58. The Bertz CT molecular complexity index is 1060. The zero-order chi connectivity index (χ0) is 17.2. The van der Waals surface area contributed by atoms with E-state index < -0.39 is 0 Å². The van der Waals surface area contributed by atoms with Gasteiger partial charge < -0.3 is 0 Å². The molecule has 0 unspecified atom stereocenters. The number of nitrogens with zero attached hydrogens (tertiary/aromatic N) is 5. The van der Waals surface area contributed by atoms with Crippen molar-refractivity contribution in [3.8, 4) is 11.4 Å². The maximum absolute atomic E-state index is 12.6. The quantitative estimate of drug-likeness (QED) is 0.624. The molecule has 0 aromatic carbocycles. The molecule has 0 aliphatic rings. The predicted molar refractivity (Wildman–Crippen MR) is 93.4 cm³/mol. The van der Waals surface area contributed by atoms with Crippen LogP contribution in [0.5, 0.6) is 0 Å². The molecule has 0 spiro atoms. The fourth-order valence-corrected chi connectivity index (χ4v) is 2.56. The highest BCUT2D eigenvalue weighted by Crippen LogP contribution is 2.16. The molecule has 7 heteroatoms. The number of fused-ring (bicyclic) bond motifs is 1. The minimum Gasteiger partial charge on any atom is -0.267 e. The van der Waals surface area contributed by atoms with E-state index in [2.05, 4.69) is 25.4 Å². The molecule has 1 amide bonds. The second kappa shape index (κ2) is 6.12. The Labute approximate surface area is 143 Å². The molecule has 7 nitrogen and oxygen atoms in total. The highest BCUT2D eigenvalue weighted by molar-refractivity contribution is 6.01. The second-order valence-corrected chi connectivity index (χ2v) is 5.47. The number of aromatic nitrogens is 5. The van der Waals surface area contributed by atoms with Gasteiger partial charge in [-0.25, -0.2) is 9.97 Å². The van der Waals surface area contributed by atoms with Crippen molar-refractivity contribution in [1.82, 2.24) is 24.6 Å². The maximum Gasteiger partial charge on any atom is 0.273 e. The van der Waals surface area contributed by atoms with Crippen molar-refractivity contribution in [3.63, 3.8) is 0 Å². The lowest BCUT2D eigenvalue weighted by molar-refractivity contribution is 0.101. The van der Waals surface area contributed by atoms with E-state index in [-0.39, 0.29) is 5.91 Å². The maximum atomic E-state index is 12.6. The lowest BCUT2D eigenvalue weighted by Crippen LogP contribution is -2.23. The molecule has 0 aliphatic heterocycles. The SMILES string of the molecule is Cc1nc(-c2cccnc2)ncc1C(=O)Nn1ccc2ncccc21. The molecule has 25 heavy (non-hydrogen) atoms. The number of carbonyl (C=O) groups excluding carboxylic acids is 1. The van der Waals surface area contributed by atoms with Crippen molar-refractivity contribution >= 4 is 16.9 Å². The van der Waals surface area contributed by atoms with E-state index in [9.17, 15) is 4.79 Å². The van der Waals surface area contributed by atoms with Crippen LogP contribution in [-0.4, -0.2) is 30.5 Å². The van der Waals surface area contributed by atoms with E-state index in [1.165, 1.54) is 6.20 Å². The van der Waals surface area contributed by atoms with Crippen LogP contribution in [0.1, 0.15) is 16.1 Å². The lowest BCUT2D eigenvalue weighted by atomic mass is 10.2. The van der Waals surface area contributed by atoms with Crippen molar-refractivity contribution in [2.45, 2.75) is 6.92 Å². The van der Waals surface area contributed by atoms with E-state index in [1.807, 2.05) is 30.3 Å². The summed E-state index contributed by atoms with van der Waals surface area (Å²) in [6, 6.07) is 9.24. The fourth-order valence-electron chi connectivity index (χ4n) is 2.56. The number of nitrogens with one attached hydrogen (secondary N) is 1. The van der Waals surface area contributed by atoms with E-state index in [0.717, 1.165) is 16.6 Å². The van der Waals surface area contributed by atoms with Crippen LogP contribution in [0.4, 0.5) is 0 Å². The summed E-state index contributed by atoms with van der Waals surface area (Å²) in [5.74, 6) is 0.259. The van der Waals surface area contributed by atoms with Crippen molar-refractivity contribution in [3.05, 3.63) is 72.6 Å². The highest BCUT2D eigenvalue weighted by Gasteiger charge is 2.14. The Kier molecular flexibility index (Phi) is 3.66. The smallest absolute Gasteiger partial charge is 0.267 e. The molecule has 122 valence electrons. The first-order valence-corrected chi connectivity index (χ1v) is 7.70. The normalized spacial score (nSPS) is 10.8. The van der Waals surface area contributed by atoms with Gasteiger partial charge in [-0.05, 0) is 37.3 Å². The zero-order valence-corrected chi connectivity index (χ0v) is 13.4. The number of amides is 1. The molecule has 0 aliphatic carbocycles. The third kappa shape index (κ3) is 2.83. The van der Waals surface area contributed by atoms with Gasteiger partial charge >= 0.3 is 0 Å². The Morgan fingerprint density at radius 1 is 1.08 bits per heavy atom. The number of hydrogen-bond donors (Lipinski definition) is 1. The van der Waals surface area contributed by atoms with Crippen molar-refractivity contribution in [1.29, 1.82) is 0 Å². The van der Waals surface area contributed by atoms with Crippen LogP contribution in [0.3, 0.4) is 0 Å². The van der Waals surface area contributed by atoms with Gasteiger partial charge in [0.25, 0.3) is 5.91 Å². The van der Waals surface area contributed by atoms with Crippen LogP contribution in [0.15, 0.2) is 61.3 Å². The highest BCUT2D eigenvalue weighted by atomic mass is 16.2. The van der Waals surface area contributed by atoms with Crippen LogP contribution < -0.4 is 5.43 Å². The Morgan fingerprint density at radius 3 is 2.76 bits per heavy atom. The summed E-state index contributed by atoms with van der Waals surface area (Å²) in [4.78, 5) is 29.6. The largest absolute Gasteiger partial charge is 0.273 e. The fraction of sp³-hybridized carbons (Fsp3) is 0.0556. The number of hydrogen-bond acceptors (Lipinski definition) is 5. The van der Waals surface area contributed by atoms with Gasteiger partial charge in [0, 0.05) is 36.5 Å². The molecule has 4 aromatic rings. The summed E-state index contributed by atoms with van der Waals surface area (Å²) in [5.41, 5.74) is 6.27. The summed E-state index contributed by atoms with van der Waals surface area (Å²) in [5, 5.41) is 0. The second-order valence-electron chi connectivity index (χ2n) is 5.47. The van der Waals surface area contributed by atoms with E-state index >= 15 is 0 Å². The number of carbonyl (C=O) groups is 1. The van der Waals surface area contributed by atoms with Crippen LogP contribution in [0.25, 0.3) is 22.4 Å². The molecular formula is C18H14N6O. The molecule has 1 N–H and O–H groups in total. The monoisotopic (exact) mass is 330 g/mol. The molecular weight excluding hydrogens is 316 g/mol. The van der Waals surface area contributed by atoms with E-state index in [0.29, 0.717) is 17.1 Å². The number of pyridine rings is 2. The van der Waals surface area contributed by atoms with Gasteiger partial charge in [-0.15, -0.1) is 0 Å². The van der Waals surface area contributed by atoms with Crippen molar-refractivity contribution < 1.29 is 4.79 Å². The first-order chi connectivity index (χ1) is 12.2. The van der Waals surface area contributed by atoms with Gasteiger partial charge in [-0.1, -0.05) is 0 Å². The molecule has 4 heterocycles. The van der Waals surface area contributed by atoms with Crippen molar-refractivity contribution in [2.75, 3.05) is 5.43 Å². The molecule has 0 saturated heterocycles. The van der Waals surface area contributed by atoms with Gasteiger partial charge in [-0.3, -0.25) is 24.9 Å². The summed E-state index contributed by atoms with van der Waals surface area (Å²) >= 11 is 0. The third-order valence-electron chi connectivity index (χ3n) is 3.82. The van der Waals surface area contributed by atoms with Crippen LogP contribution in [0.2, 0.25) is 0 Å². The van der Waals surface area contributed by atoms with Crippen LogP contribution in [0, 0.1) is 6.92 Å². The van der Waals surface area contributed by atoms with Crippen LogP contribution >= 0.6 is 0 Å². The van der Waals surface area contributed by atoms with Gasteiger partial charge in [0.05, 0.1) is 22.3 Å². The summed E-state index contributed by atoms with van der Waals surface area (Å²) in [6.07, 6.45) is 8.38. The van der Waals surface area contributed by atoms with E-state index in [1.54, 1.807) is 36.4 Å². The first-order valence-electron chi connectivity index (χ1n) is 7.70. The molecule has 0 saturated carbocycles. The summed E-state index contributed by atoms with van der Waals surface area (Å²) in [6.45, 7) is 1.78. The molecule has 4 rings (SSSR count). The molecule has 0 radical (unpaired) electrons. The van der Waals surface area contributed by atoms with E-state index in [4.69, 9.17) is 0 Å². The standard InChI is InChI=1S/C18H14N6O/c1-12-14(11-21-17(22-12)13-4-2-7-19-10-13)18(25)23-24-9-6-15-16(24)5-3-8-20-15/h2-11H,1H3,(H,23,25). The van der Waals surface area contributed by atoms with Gasteiger partial charge in [0.2, 0.25) is 0 Å².